The maximum absolute atomic E-state index is 3.71. The van der Waals surface area contributed by atoms with Crippen molar-refractivity contribution in [3.63, 3.8) is 0 Å². The van der Waals surface area contributed by atoms with Gasteiger partial charge in [0.1, 0.15) is 0 Å². The third-order valence-electron chi connectivity index (χ3n) is 2.69. The summed E-state index contributed by atoms with van der Waals surface area (Å²) in [5.74, 6) is 0. The number of hydrogen-bond acceptors (Lipinski definition) is 2. The Morgan fingerprint density at radius 3 is 2.38 bits per heavy atom. The van der Waals surface area contributed by atoms with Gasteiger partial charge in [-0.1, -0.05) is 19.9 Å². The molecule has 0 aliphatic heterocycles. The molecule has 0 spiro atoms. The molecule has 13 heavy (non-hydrogen) atoms. The van der Waals surface area contributed by atoms with Crippen molar-refractivity contribution in [1.82, 2.24) is 5.32 Å². The molecule has 0 saturated carbocycles. The summed E-state index contributed by atoms with van der Waals surface area (Å²) in [7, 11) is 0. The minimum absolute atomic E-state index is 0.446. The maximum Gasteiger partial charge on any atom is 0.0276 e. The zero-order valence-electron chi connectivity index (χ0n) is 9.23. The summed E-state index contributed by atoms with van der Waals surface area (Å²) in [6, 6.07) is 0. The lowest BCUT2D eigenvalue weighted by atomic mass is 10.0. The predicted octanol–water partition coefficient (Wildman–Crippen LogP) is 3.07. The topological polar surface area (TPSA) is 12.0 Å². The minimum atomic E-state index is 0.446. The molecule has 0 aromatic heterocycles. The van der Waals surface area contributed by atoms with Gasteiger partial charge in [-0.3, -0.25) is 0 Å². The van der Waals surface area contributed by atoms with Crippen molar-refractivity contribution in [3.8, 4) is 0 Å². The highest BCUT2D eigenvalue weighted by molar-refractivity contribution is 8.00. The lowest BCUT2D eigenvalue weighted by Crippen LogP contribution is -2.36. The molecule has 1 nitrogen and oxygen atoms in total. The Labute approximate surface area is 87.4 Å². The van der Waals surface area contributed by atoms with E-state index in [9.17, 15) is 0 Å². The van der Waals surface area contributed by atoms with E-state index in [1.807, 2.05) is 17.8 Å². The number of nitrogens with one attached hydrogen (secondary N) is 1. The Hall–Kier alpha value is 0.0500. The lowest BCUT2D eigenvalue weighted by molar-refractivity contribution is 0.498. The number of thioether (sulfide) groups is 1. The van der Waals surface area contributed by atoms with Gasteiger partial charge in [-0.25, -0.2) is 0 Å². The van der Waals surface area contributed by atoms with Crippen molar-refractivity contribution < 1.29 is 0 Å². The molecule has 0 rings (SSSR count). The second-order valence-corrected chi connectivity index (χ2v) is 4.62. The average molecular weight is 201 g/mol. The van der Waals surface area contributed by atoms with E-state index in [0.717, 1.165) is 19.5 Å². The van der Waals surface area contributed by atoms with Crippen LogP contribution in [0.15, 0.2) is 12.7 Å². The molecule has 0 atom stereocenters. The molecule has 0 amide bonds. The van der Waals surface area contributed by atoms with Crippen LogP contribution in [0.1, 0.15) is 33.1 Å². The van der Waals surface area contributed by atoms with Crippen LogP contribution in [-0.4, -0.2) is 24.1 Å². The molecule has 0 aliphatic rings. The van der Waals surface area contributed by atoms with Gasteiger partial charge in [-0.2, -0.15) is 11.8 Å². The highest BCUT2D eigenvalue weighted by atomic mass is 32.2. The lowest BCUT2D eigenvalue weighted by Gasteiger charge is -2.29. The summed E-state index contributed by atoms with van der Waals surface area (Å²) in [6.45, 7) is 10.4. The van der Waals surface area contributed by atoms with Crippen LogP contribution in [0.25, 0.3) is 0 Å². The SMILES string of the molecule is C=CCCNCC(CC)(CC)SC. The third kappa shape index (κ3) is 4.72. The molecular weight excluding hydrogens is 178 g/mol. The van der Waals surface area contributed by atoms with Gasteiger partial charge < -0.3 is 5.32 Å². The standard InChI is InChI=1S/C11H23NS/c1-5-8-9-12-10-11(6-2,7-3)13-4/h5,12H,1,6-10H2,2-4H3. The average Bonchev–Trinajstić information content (AvgIpc) is 2.20. The molecule has 0 unspecified atom stereocenters. The van der Waals surface area contributed by atoms with Crippen LogP contribution < -0.4 is 5.32 Å². The summed E-state index contributed by atoms with van der Waals surface area (Å²) < 4.78 is 0.446. The maximum atomic E-state index is 3.71. The predicted molar refractivity (Wildman–Crippen MR) is 64.5 cm³/mol. The van der Waals surface area contributed by atoms with E-state index in [1.165, 1.54) is 12.8 Å². The summed E-state index contributed by atoms with van der Waals surface area (Å²) in [6.07, 6.45) is 7.73. The molecule has 0 heterocycles. The van der Waals surface area contributed by atoms with Gasteiger partial charge in [-0.15, -0.1) is 6.58 Å². The quantitative estimate of drug-likeness (QED) is 0.478. The van der Waals surface area contributed by atoms with Gasteiger partial charge in [0.15, 0.2) is 0 Å². The van der Waals surface area contributed by atoms with Crippen LogP contribution in [0.3, 0.4) is 0 Å². The smallest absolute Gasteiger partial charge is 0.0276 e. The molecule has 0 aromatic rings. The van der Waals surface area contributed by atoms with E-state index < -0.39 is 0 Å². The highest BCUT2D eigenvalue weighted by Crippen LogP contribution is 2.29. The third-order valence-corrected chi connectivity index (χ3v) is 4.28. The van der Waals surface area contributed by atoms with E-state index >= 15 is 0 Å². The van der Waals surface area contributed by atoms with Gasteiger partial charge >= 0.3 is 0 Å². The van der Waals surface area contributed by atoms with E-state index in [4.69, 9.17) is 0 Å². The first-order valence-electron chi connectivity index (χ1n) is 5.11. The first-order valence-corrected chi connectivity index (χ1v) is 6.34. The van der Waals surface area contributed by atoms with Gasteiger partial charge in [0.2, 0.25) is 0 Å². The second kappa shape index (κ2) is 7.45. The minimum Gasteiger partial charge on any atom is -0.315 e. The van der Waals surface area contributed by atoms with Crippen molar-refractivity contribution in [1.29, 1.82) is 0 Å². The normalized spacial score (nSPS) is 11.6. The summed E-state index contributed by atoms with van der Waals surface area (Å²) in [5, 5.41) is 3.49. The van der Waals surface area contributed by atoms with Gasteiger partial charge in [0.05, 0.1) is 0 Å². The van der Waals surface area contributed by atoms with E-state index in [2.05, 4.69) is 32.0 Å². The van der Waals surface area contributed by atoms with Crippen LogP contribution in [0, 0.1) is 0 Å². The van der Waals surface area contributed by atoms with E-state index in [0.29, 0.717) is 4.75 Å². The van der Waals surface area contributed by atoms with Crippen LogP contribution in [0.2, 0.25) is 0 Å². The molecule has 0 aromatic carbocycles. The Bertz CT molecular complexity index is 122. The van der Waals surface area contributed by atoms with E-state index in [-0.39, 0.29) is 0 Å². The molecule has 1 N–H and O–H groups in total. The second-order valence-electron chi connectivity index (χ2n) is 3.35. The first-order chi connectivity index (χ1) is 6.24. The molecule has 0 bridgehead atoms. The highest BCUT2D eigenvalue weighted by Gasteiger charge is 2.23. The van der Waals surface area contributed by atoms with Crippen molar-refractivity contribution >= 4 is 11.8 Å². The largest absolute Gasteiger partial charge is 0.315 e. The Morgan fingerprint density at radius 2 is 2.00 bits per heavy atom. The summed E-state index contributed by atoms with van der Waals surface area (Å²) >= 11 is 1.99. The fourth-order valence-corrected chi connectivity index (χ4v) is 2.20. The van der Waals surface area contributed by atoms with Gasteiger partial charge in [0.25, 0.3) is 0 Å². The van der Waals surface area contributed by atoms with Gasteiger partial charge in [0, 0.05) is 11.3 Å². The molecule has 0 fully saturated rings. The molecule has 78 valence electrons. The fourth-order valence-electron chi connectivity index (χ4n) is 1.38. The zero-order chi connectivity index (χ0) is 10.2. The molecule has 2 heteroatoms. The Balaban J connectivity index is 3.74. The zero-order valence-corrected chi connectivity index (χ0v) is 10.0. The van der Waals surface area contributed by atoms with Crippen molar-refractivity contribution in [2.24, 2.45) is 0 Å². The van der Waals surface area contributed by atoms with Crippen LogP contribution in [0.5, 0.6) is 0 Å². The Morgan fingerprint density at radius 1 is 1.38 bits per heavy atom. The Kier molecular flexibility index (Phi) is 7.48. The van der Waals surface area contributed by atoms with Crippen LogP contribution in [0.4, 0.5) is 0 Å². The van der Waals surface area contributed by atoms with E-state index in [1.54, 1.807) is 0 Å². The van der Waals surface area contributed by atoms with Crippen LogP contribution in [-0.2, 0) is 0 Å². The van der Waals surface area contributed by atoms with Gasteiger partial charge in [-0.05, 0) is 32.1 Å². The molecule has 0 aliphatic carbocycles. The molecular formula is C11H23NS. The number of hydrogen-bond donors (Lipinski definition) is 1. The fraction of sp³-hybridized carbons (Fsp3) is 0.818. The number of rotatable bonds is 8. The van der Waals surface area contributed by atoms with Crippen LogP contribution >= 0.6 is 11.8 Å². The summed E-state index contributed by atoms with van der Waals surface area (Å²) in [4.78, 5) is 0. The summed E-state index contributed by atoms with van der Waals surface area (Å²) in [5.41, 5.74) is 0. The monoisotopic (exact) mass is 201 g/mol. The first kappa shape index (κ1) is 13.1. The molecule has 0 saturated heterocycles. The molecule has 0 radical (unpaired) electrons. The van der Waals surface area contributed by atoms with Crippen molar-refractivity contribution in [2.75, 3.05) is 19.3 Å². The van der Waals surface area contributed by atoms with Crippen molar-refractivity contribution in [2.45, 2.75) is 37.9 Å². The van der Waals surface area contributed by atoms with Crippen molar-refractivity contribution in [3.05, 3.63) is 12.7 Å².